The third kappa shape index (κ3) is 4.01. The van der Waals surface area contributed by atoms with Gasteiger partial charge in [-0.05, 0) is 34.4 Å². The van der Waals surface area contributed by atoms with Crippen LogP contribution in [0.1, 0.15) is 33.8 Å². The van der Waals surface area contributed by atoms with Gasteiger partial charge in [0.1, 0.15) is 12.6 Å². The van der Waals surface area contributed by atoms with E-state index in [-0.39, 0.29) is 31.4 Å². The molecule has 2 N–H and O–H groups in total. The standard InChI is InChI=1S/C27H24N2O5/c30-25(17-8-2-1-3-9-17)29-15-18(14-24(29)26(31)32)28-27(33)34-16-23-21-12-6-4-10-19(21)20-11-5-7-13-22(20)23/h1-13,18,23-24H,14-16H2,(H,28,33)(H,31,32)/t18-,24+/m1/s1. The summed E-state index contributed by atoms with van der Waals surface area (Å²) in [4.78, 5) is 38.5. The maximum absolute atomic E-state index is 12.8. The molecule has 2 amide bonds. The van der Waals surface area contributed by atoms with Gasteiger partial charge in [0.25, 0.3) is 5.91 Å². The van der Waals surface area contributed by atoms with Gasteiger partial charge in [0.05, 0.1) is 6.04 Å². The van der Waals surface area contributed by atoms with Gasteiger partial charge >= 0.3 is 12.1 Å². The maximum atomic E-state index is 12.8. The number of rotatable bonds is 5. The Kier molecular flexibility index (Phi) is 5.76. The average molecular weight is 456 g/mol. The fourth-order valence-electron chi connectivity index (χ4n) is 4.95. The van der Waals surface area contributed by atoms with Gasteiger partial charge in [0.2, 0.25) is 0 Å². The molecule has 5 rings (SSSR count). The molecule has 7 nitrogen and oxygen atoms in total. The second-order valence-corrected chi connectivity index (χ2v) is 8.58. The van der Waals surface area contributed by atoms with Crippen molar-refractivity contribution >= 4 is 18.0 Å². The van der Waals surface area contributed by atoms with Crippen molar-refractivity contribution in [1.29, 1.82) is 0 Å². The molecule has 1 saturated heterocycles. The summed E-state index contributed by atoms with van der Waals surface area (Å²) >= 11 is 0. The number of likely N-dealkylation sites (tertiary alicyclic amines) is 1. The van der Waals surface area contributed by atoms with Crippen molar-refractivity contribution in [1.82, 2.24) is 10.2 Å². The summed E-state index contributed by atoms with van der Waals surface area (Å²) in [5.74, 6) is -1.53. The summed E-state index contributed by atoms with van der Waals surface area (Å²) < 4.78 is 5.58. The number of benzene rings is 3. The van der Waals surface area contributed by atoms with Gasteiger partial charge < -0.3 is 20.1 Å². The third-order valence-electron chi connectivity index (χ3n) is 6.53. The largest absolute Gasteiger partial charge is 0.480 e. The number of nitrogens with one attached hydrogen (secondary N) is 1. The lowest BCUT2D eigenvalue weighted by Gasteiger charge is -2.21. The molecule has 0 radical (unpaired) electrons. The molecule has 0 aromatic heterocycles. The maximum Gasteiger partial charge on any atom is 0.407 e. The molecule has 3 aromatic rings. The van der Waals surface area contributed by atoms with Crippen LogP contribution >= 0.6 is 0 Å². The first-order valence-electron chi connectivity index (χ1n) is 11.2. The van der Waals surface area contributed by atoms with E-state index in [1.165, 1.54) is 4.90 Å². The number of hydrogen-bond donors (Lipinski definition) is 2. The second-order valence-electron chi connectivity index (χ2n) is 8.58. The summed E-state index contributed by atoms with van der Waals surface area (Å²) in [6.07, 6.45) is -0.497. The Balaban J connectivity index is 1.24. The van der Waals surface area contributed by atoms with Crippen LogP contribution in [0.2, 0.25) is 0 Å². The molecule has 172 valence electrons. The number of carboxylic acids is 1. The smallest absolute Gasteiger partial charge is 0.407 e. The lowest BCUT2D eigenvalue weighted by molar-refractivity contribution is -0.141. The minimum atomic E-state index is -1.10. The van der Waals surface area contributed by atoms with E-state index in [2.05, 4.69) is 17.4 Å². The fraction of sp³-hybridized carbons (Fsp3) is 0.222. The van der Waals surface area contributed by atoms with Gasteiger partial charge in [-0.3, -0.25) is 4.79 Å². The van der Waals surface area contributed by atoms with E-state index in [9.17, 15) is 19.5 Å². The predicted octanol–water partition coefficient (Wildman–Crippen LogP) is 3.89. The lowest BCUT2D eigenvalue weighted by atomic mass is 9.98. The van der Waals surface area contributed by atoms with E-state index in [0.717, 1.165) is 22.3 Å². The lowest BCUT2D eigenvalue weighted by Crippen LogP contribution is -2.41. The van der Waals surface area contributed by atoms with Crippen molar-refractivity contribution in [2.24, 2.45) is 0 Å². The molecule has 3 aromatic carbocycles. The van der Waals surface area contributed by atoms with Gasteiger partial charge in [0.15, 0.2) is 0 Å². The molecule has 1 fully saturated rings. The van der Waals surface area contributed by atoms with Crippen LogP contribution < -0.4 is 5.32 Å². The van der Waals surface area contributed by atoms with Gasteiger partial charge in [-0.2, -0.15) is 0 Å². The highest BCUT2D eigenvalue weighted by atomic mass is 16.5. The number of carbonyl (C=O) groups is 3. The summed E-state index contributed by atoms with van der Waals surface area (Å²) in [5.41, 5.74) is 4.92. The molecule has 0 unspecified atom stereocenters. The zero-order valence-corrected chi connectivity index (χ0v) is 18.4. The van der Waals surface area contributed by atoms with E-state index in [1.807, 2.05) is 36.4 Å². The molecular weight excluding hydrogens is 432 g/mol. The van der Waals surface area contributed by atoms with Crippen LogP contribution in [0.25, 0.3) is 11.1 Å². The molecule has 1 aliphatic carbocycles. The van der Waals surface area contributed by atoms with Crippen molar-refractivity contribution in [3.05, 3.63) is 95.6 Å². The number of ether oxygens (including phenoxy) is 1. The molecule has 1 heterocycles. The summed E-state index contributed by atoms with van der Waals surface area (Å²) in [6.45, 7) is 0.274. The molecule has 2 aliphatic rings. The van der Waals surface area contributed by atoms with E-state index in [4.69, 9.17) is 4.74 Å². The van der Waals surface area contributed by atoms with E-state index in [1.54, 1.807) is 30.3 Å². The zero-order valence-electron chi connectivity index (χ0n) is 18.4. The Morgan fingerprint density at radius 2 is 1.47 bits per heavy atom. The number of amides is 2. The highest BCUT2D eigenvalue weighted by Crippen LogP contribution is 2.44. The third-order valence-corrected chi connectivity index (χ3v) is 6.53. The highest BCUT2D eigenvalue weighted by Gasteiger charge is 2.41. The van der Waals surface area contributed by atoms with Gasteiger partial charge in [-0.1, -0.05) is 66.7 Å². The van der Waals surface area contributed by atoms with E-state index >= 15 is 0 Å². The number of hydrogen-bond acceptors (Lipinski definition) is 4. The topological polar surface area (TPSA) is 95.9 Å². The second kappa shape index (κ2) is 9.02. The molecule has 34 heavy (non-hydrogen) atoms. The minimum Gasteiger partial charge on any atom is -0.480 e. The quantitative estimate of drug-likeness (QED) is 0.607. The predicted molar refractivity (Wildman–Crippen MR) is 126 cm³/mol. The first-order valence-corrected chi connectivity index (χ1v) is 11.2. The molecule has 1 aliphatic heterocycles. The number of alkyl carbamates (subject to hydrolysis) is 1. The van der Waals surface area contributed by atoms with Crippen molar-refractivity contribution < 1.29 is 24.2 Å². The molecule has 0 saturated carbocycles. The summed E-state index contributed by atoms with van der Waals surface area (Å²) in [6, 6.07) is 23.2. The van der Waals surface area contributed by atoms with Crippen molar-refractivity contribution in [3.63, 3.8) is 0 Å². The van der Waals surface area contributed by atoms with Crippen molar-refractivity contribution in [2.75, 3.05) is 13.2 Å². The van der Waals surface area contributed by atoms with Crippen LogP contribution in [0.15, 0.2) is 78.9 Å². The van der Waals surface area contributed by atoms with Gasteiger partial charge in [-0.25, -0.2) is 9.59 Å². The monoisotopic (exact) mass is 456 g/mol. The Labute approximate surface area is 197 Å². The van der Waals surface area contributed by atoms with Crippen molar-refractivity contribution in [2.45, 2.75) is 24.4 Å². The first kappa shape index (κ1) is 21.7. The Morgan fingerprint density at radius 1 is 0.882 bits per heavy atom. The van der Waals surface area contributed by atoms with Crippen molar-refractivity contribution in [3.8, 4) is 11.1 Å². The Bertz CT molecular complexity index is 1200. The summed E-state index contributed by atoms with van der Waals surface area (Å²) in [5, 5.41) is 12.4. The van der Waals surface area contributed by atoms with Crippen LogP contribution in [0.4, 0.5) is 4.79 Å². The van der Waals surface area contributed by atoms with Crippen LogP contribution in [-0.4, -0.2) is 53.2 Å². The van der Waals surface area contributed by atoms with Gasteiger partial charge in [-0.15, -0.1) is 0 Å². The van der Waals surface area contributed by atoms with Crippen LogP contribution in [0, 0.1) is 0 Å². The fourth-order valence-corrected chi connectivity index (χ4v) is 4.95. The summed E-state index contributed by atoms with van der Waals surface area (Å²) in [7, 11) is 0. The minimum absolute atomic E-state index is 0.0651. The van der Waals surface area contributed by atoms with Crippen LogP contribution in [0.3, 0.4) is 0 Å². The molecule has 0 spiro atoms. The SMILES string of the molecule is O=C(N[C@@H]1C[C@@H](C(=O)O)N(C(=O)c2ccccc2)C1)OCC1c2ccccc2-c2ccccc21. The number of carbonyl (C=O) groups excluding carboxylic acids is 2. The first-order chi connectivity index (χ1) is 16.5. The normalized spacial score (nSPS) is 18.8. The number of carboxylic acid groups (broad SMARTS) is 1. The van der Waals surface area contributed by atoms with Crippen LogP contribution in [-0.2, 0) is 9.53 Å². The number of fused-ring (bicyclic) bond motifs is 3. The molecule has 0 bridgehead atoms. The van der Waals surface area contributed by atoms with Crippen LogP contribution in [0.5, 0.6) is 0 Å². The highest BCUT2D eigenvalue weighted by molar-refractivity contribution is 5.97. The number of nitrogens with zero attached hydrogens (tertiary/aromatic N) is 1. The average Bonchev–Trinajstić information content (AvgIpc) is 3.42. The zero-order chi connectivity index (χ0) is 23.7. The molecule has 7 heteroatoms. The molecular formula is C27H24N2O5. The Hall–Kier alpha value is -4.13. The van der Waals surface area contributed by atoms with E-state index in [0.29, 0.717) is 5.56 Å². The Morgan fingerprint density at radius 3 is 2.09 bits per heavy atom. The molecule has 2 atom stereocenters. The van der Waals surface area contributed by atoms with E-state index < -0.39 is 24.1 Å². The van der Waals surface area contributed by atoms with Gasteiger partial charge in [0, 0.05) is 24.4 Å². The number of aliphatic carboxylic acids is 1.